The molecule has 0 aliphatic rings. The first-order valence-corrected chi connectivity index (χ1v) is 9.82. The molecule has 1 N–H and O–H groups in total. The number of hydrogen-bond acceptors (Lipinski definition) is 3. The zero-order valence-corrected chi connectivity index (χ0v) is 17.1. The zero-order valence-electron chi connectivity index (χ0n) is 14.7. The number of hydrogen-bond donors (Lipinski definition) is 1. The highest BCUT2D eigenvalue weighted by atomic mass is 79.9. The van der Waals surface area contributed by atoms with Gasteiger partial charge in [0, 0.05) is 19.6 Å². The molecule has 25 heavy (non-hydrogen) atoms. The van der Waals surface area contributed by atoms with Gasteiger partial charge in [0.1, 0.15) is 5.69 Å². The molecule has 2 aromatic heterocycles. The van der Waals surface area contributed by atoms with E-state index in [0.717, 1.165) is 20.5 Å². The van der Waals surface area contributed by atoms with Gasteiger partial charge in [-0.15, -0.1) is 11.3 Å². The molecule has 3 rings (SSSR count). The minimum absolute atomic E-state index is 0.0199. The van der Waals surface area contributed by atoms with Crippen LogP contribution in [0, 0.1) is 6.92 Å². The number of fused-ring (bicyclic) bond motifs is 1. The summed E-state index contributed by atoms with van der Waals surface area (Å²) in [6.07, 6.45) is 0. The second kappa shape index (κ2) is 7.72. The van der Waals surface area contributed by atoms with Crippen molar-refractivity contribution in [1.29, 1.82) is 0 Å². The number of likely N-dealkylation sites (N-methyl/N-ethyl adjacent to an activating group) is 1. The van der Waals surface area contributed by atoms with Gasteiger partial charge < -0.3 is 14.8 Å². The van der Waals surface area contributed by atoms with Gasteiger partial charge >= 0.3 is 0 Å². The molecule has 3 aromatic rings. The monoisotopic (exact) mass is 419 g/mol. The lowest BCUT2D eigenvalue weighted by Gasteiger charge is -2.13. The lowest BCUT2D eigenvalue weighted by Crippen LogP contribution is -2.32. The van der Waals surface area contributed by atoms with Crippen molar-refractivity contribution in [3.05, 3.63) is 57.0 Å². The normalized spacial score (nSPS) is 11.4. The molecular weight excluding hydrogens is 398 g/mol. The molecule has 0 bridgehead atoms. The van der Waals surface area contributed by atoms with Gasteiger partial charge in [-0.25, -0.2) is 0 Å². The summed E-state index contributed by atoms with van der Waals surface area (Å²) in [4.78, 5) is 14.7. The maximum atomic E-state index is 12.7. The number of aryl methyl sites for hydroxylation is 1. The summed E-state index contributed by atoms with van der Waals surface area (Å²) in [5.74, 6) is -0.0199. The zero-order chi connectivity index (χ0) is 18.0. The molecule has 0 atom stereocenters. The average molecular weight is 420 g/mol. The largest absolute Gasteiger partial charge is 0.349 e. The Bertz CT molecular complexity index is 880. The summed E-state index contributed by atoms with van der Waals surface area (Å²) in [5, 5.41) is 3.02. The lowest BCUT2D eigenvalue weighted by atomic mass is 10.1. The number of carbonyl (C=O) groups excluding carboxylic acids is 1. The lowest BCUT2D eigenvalue weighted by molar-refractivity contribution is 0.0942. The quantitative estimate of drug-likeness (QED) is 0.652. The first kappa shape index (κ1) is 18.2. The number of rotatable bonds is 6. The van der Waals surface area contributed by atoms with Gasteiger partial charge in [0.25, 0.3) is 5.91 Å². The Labute approximate surface area is 160 Å². The maximum absolute atomic E-state index is 12.7. The second-order valence-corrected chi connectivity index (χ2v) is 8.92. The molecule has 6 heteroatoms. The number of benzene rings is 1. The fourth-order valence-electron chi connectivity index (χ4n) is 2.73. The van der Waals surface area contributed by atoms with Crippen LogP contribution in [-0.2, 0) is 6.54 Å². The van der Waals surface area contributed by atoms with Crippen LogP contribution in [-0.4, -0.2) is 42.6 Å². The smallest absolute Gasteiger partial charge is 0.268 e. The highest BCUT2D eigenvalue weighted by Crippen LogP contribution is 2.33. The molecule has 0 aliphatic heterocycles. The van der Waals surface area contributed by atoms with Crippen LogP contribution >= 0.6 is 27.3 Å². The van der Waals surface area contributed by atoms with Crippen LogP contribution in [0.25, 0.3) is 10.2 Å². The predicted molar refractivity (Wildman–Crippen MR) is 109 cm³/mol. The fourth-order valence-corrected chi connectivity index (χ4v) is 4.29. The van der Waals surface area contributed by atoms with E-state index in [4.69, 9.17) is 0 Å². The van der Waals surface area contributed by atoms with Crippen LogP contribution in [0.1, 0.15) is 21.6 Å². The summed E-state index contributed by atoms with van der Waals surface area (Å²) in [5.41, 5.74) is 4.23. The Morgan fingerprint density at radius 2 is 1.96 bits per heavy atom. The number of halogens is 1. The van der Waals surface area contributed by atoms with E-state index in [0.29, 0.717) is 18.8 Å². The number of aromatic nitrogens is 1. The molecule has 0 spiro atoms. The second-order valence-electron chi connectivity index (χ2n) is 6.46. The minimum atomic E-state index is -0.0199. The first-order chi connectivity index (χ1) is 11.9. The van der Waals surface area contributed by atoms with E-state index in [1.165, 1.54) is 11.1 Å². The topological polar surface area (TPSA) is 37.3 Å². The summed E-state index contributed by atoms with van der Waals surface area (Å²) >= 11 is 5.21. The number of nitrogens with zero attached hydrogens (tertiary/aromatic N) is 2. The van der Waals surface area contributed by atoms with Crippen molar-refractivity contribution in [2.75, 3.05) is 27.2 Å². The molecular formula is C19H22BrN3OS. The van der Waals surface area contributed by atoms with Crippen LogP contribution in [0.4, 0.5) is 0 Å². The van der Waals surface area contributed by atoms with Gasteiger partial charge in [0.05, 0.1) is 14.0 Å². The highest BCUT2D eigenvalue weighted by molar-refractivity contribution is 9.11. The summed E-state index contributed by atoms with van der Waals surface area (Å²) < 4.78 is 4.30. The molecule has 0 aliphatic carbocycles. The van der Waals surface area contributed by atoms with Crippen molar-refractivity contribution in [3.8, 4) is 0 Å². The van der Waals surface area contributed by atoms with Crippen LogP contribution in [0.2, 0.25) is 0 Å². The third-order valence-electron chi connectivity index (χ3n) is 4.10. The van der Waals surface area contributed by atoms with Crippen LogP contribution in [0.15, 0.2) is 40.2 Å². The highest BCUT2D eigenvalue weighted by Gasteiger charge is 2.17. The summed E-state index contributed by atoms with van der Waals surface area (Å²) in [6.45, 7) is 4.23. The average Bonchev–Trinajstić information content (AvgIpc) is 3.06. The van der Waals surface area contributed by atoms with Gasteiger partial charge in [0.15, 0.2) is 0 Å². The summed E-state index contributed by atoms with van der Waals surface area (Å²) in [6, 6.07) is 12.5. The predicted octanol–water partition coefficient (Wildman–Crippen LogP) is 4.11. The fraction of sp³-hybridized carbons (Fsp3) is 0.316. The molecule has 0 fully saturated rings. The number of carbonyl (C=O) groups is 1. The maximum Gasteiger partial charge on any atom is 0.268 e. The molecule has 132 valence electrons. The van der Waals surface area contributed by atoms with Crippen LogP contribution < -0.4 is 5.32 Å². The Morgan fingerprint density at radius 1 is 1.24 bits per heavy atom. The van der Waals surface area contributed by atoms with Gasteiger partial charge in [-0.1, -0.05) is 29.8 Å². The molecule has 4 nitrogen and oxygen atoms in total. The Kier molecular flexibility index (Phi) is 5.61. The van der Waals surface area contributed by atoms with Crippen molar-refractivity contribution in [2.45, 2.75) is 13.5 Å². The van der Waals surface area contributed by atoms with Gasteiger partial charge in [-0.05, 0) is 54.6 Å². The van der Waals surface area contributed by atoms with Crippen molar-refractivity contribution in [2.24, 2.45) is 0 Å². The van der Waals surface area contributed by atoms with Crippen LogP contribution in [0.5, 0.6) is 0 Å². The minimum Gasteiger partial charge on any atom is -0.349 e. The molecule has 0 saturated heterocycles. The van der Waals surface area contributed by atoms with Gasteiger partial charge in [0.2, 0.25) is 0 Å². The molecule has 2 heterocycles. The SMILES string of the molecule is Cc1ccc(Cn2c(C(=O)NCCN(C)C)cc3sc(Br)cc32)cc1. The molecule has 0 unspecified atom stereocenters. The van der Waals surface area contributed by atoms with Gasteiger partial charge in [-0.2, -0.15) is 0 Å². The summed E-state index contributed by atoms with van der Waals surface area (Å²) in [7, 11) is 4.00. The van der Waals surface area contributed by atoms with Crippen molar-refractivity contribution in [3.63, 3.8) is 0 Å². The van der Waals surface area contributed by atoms with E-state index in [1.807, 2.05) is 20.2 Å². The van der Waals surface area contributed by atoms with Crippen molar-refractivity contribution >= 4 is 43.4 Å². The van der Waals surface area contributed by atoms with Crippen molar-refractivity contribution < 1.29 is 4.79 Å². The van der Waals surface area contributed by atoms with E-state index >= 15 is 0 Å². The van der Waals surface area contributed by atoms with Crippen molar-refractivity contribution in [1.82, 2.24) is 14.8 Å². The third kappa shape index (κ3) is 4.32. The Hall–Kier alpha value is -1.63. The number of thiophene rings is 1. The van der Waals surface area contributed by atoms with Gasteiger partial charge in [-0.3, -0.25) is 4.79 Å². The number of amides is 1. The van der Waals surface area contributed by atoms with E-state index in [9.17, 15) is 4.79 Å². The first-order valence-electron chi connectivity index (χ1n) is 8.21. The third-order valence-corrected chi connectivity index (χ3v) is 5.67. The van der Waals surface area contributed by atoms with Crippen LogP contribution in [0.3, 0.4) is 0 Å². The standard InChI is InChI=1S/C19H22BrN3OS/c1-13-4-6-14(7-5-13)12-23-15-11-18(20)25-17(15)10-16(23)19(24)21-8-9-22(2)3/h4-7,10-11H,8-9,12H2,1-3H3,(H,21,24). The molecule has 1 amide bonds. The van der Waals surface area contributed by atoms with E-state index in [2.05, 4.69) is 68.0 Å². The molecule has 1 aromatic carbocycles. The molecule has 0 saturated carbocycles. The van der Waals surface area contributed by atoms with E-state index in [-0.39, 0.29) is 5.91 Å². The van der Waals surface area contributed by atoms with E-state index in [1.54, 1.807) is 11.3 Å². The Balaban J connectivity index is 1.90. The van der Waals surface area contributed by atoms with E-state index < -0.39 is 0 Å². The Morgan fingerprint density at radius 3 is 2.64 bits per heavy atom. The molecule has 0 radical (unpaired) electrons. The number of nitrogens with one attached hydrogen (secondary N) is 1.